The average molecular weight is 1100 g/mol. The van der Waals surface area contributed by atoms with Gasteiger partial charge < -0.3 is 74.6 Å². The number of carboxylic acids is 3. The van der Waals surface area contributed by atoms with Crippen molar-refractivity contribution in [2.75, 3.05) is 19.6 Å². The van der Waals surface area contributed by atoms with E-state index in [1.54, 1.807) is 27.7 Å². The monoisotopic (exact) mass is 1100 g/mol. The number of carboxylic acid groups (broad SMARTS) is 3. The number of rotatable bonds is 37. The van der Waals surface area contributed by atoms with E-state index in [1.807, 2.05) is 44.2 Å². The molecule has 1 fully saturated rings. The van der Waals surface area contributed by atoms with Gasteiger partial charge in [0.05, 0.1) is 6.04 Å². The number of nitrogens with two attached hydrogens (primary N) is 3. The summed E-state index contributed by atoms with van der Waals surface area (Å²) >= 11 is 0. The van der Waals surface area contributed by atoms with Crippen LogP contribution in [0, 0.1) is 17.8 Å². The Morgan fingerprint density at radius 1 is 0.551 bits per heavy atom. The van der Waals surface area contributed by atoms with Crippen molar-refractivity contribution >= 4 is 65.2 Å². The van der Waals surface area contributed by atoms with E-state index in [0.717, 1.165) is 5.56 Å². The van der Waals surface area contributed by atoms with Crippen molar-refractivity contribution < 1.29 is 68.1 Å². The zero-order chi connectivity index (χ0) is 58.6. The van der Waals surface area contributed by atoms with Crippen LogP contribution in [0.4, 0.5) is 0 Å². The van der Waals surface area contributed by atoms with Crippen LogP contribution < -0.4 is 54.4 Å². The van der Waals surface area contributed by atoms with E-state index in [2.05, 4.69) is 37.2 Å². The highest BCUT2D eigenvalue weighted by molar-refractivity contribution is 5.98. The van der Waals surface area contributed by atoms with Gasteiger partial charge in [0, 0.05) is 19.4 Å². The van der Waals surface area contributed by atoms with Gasteiger partial charge in [-0.25, -0.2) is 4.79 Å². The molecule has 0 bridgehead atoms. The maximum Gasteiger partial charge on any atom is 0.326 e. The molecule has 0 aliphatic carbocycles. The molecule has 9 atom stereocenters. The zero-order valence-electron chi connectivity index (χ0n) is 46.1. The van der Waals surface area contributed by atoms with E-state index < -0.39 is 151 Å². The second-order valence-corrected chi connectivity index (χ2v) is 21.1. The molecule has 8 amide bonds. The normalized spacial score (nSPS) is 16.4. The summed E-state index contributed by atoms with van der Waals surface area (Å²) in [7, 11) is 0. The van der Waals surface area contributed by atoms with Gasteiger partial charge >= 0.3 is 17.9 Å². The van der Waals surface area contributed by atoms with Crippen LogP contribution in [0.15, 0.2) is 30.3 Å². The molecule has 1 aliphatic rings. The largest absolute Gasteiger partial charge is 0.481 e. The molecule has 1 saturated heterocycles. The van der Waals surface area contributed by atoms with Gasteiger partial charge in [-0.2, -0.15) is 0 Å². The molecular formula is C53H87N11O14. The molecule has 438 valence electrons. The molecule has 1 aromatic carbocycles. The number of hydrogen-bond acceptors (Lipinski definition) is 14. The van der Waals surface area contributed by atoms with E-state index in [-0.39, 0.29) is 70.0 Å². The number of aliphatic carboxylic acids is 3. The van der Waals surface area contributed by atoms with Crippen LogP contribution in [0.2, 0.25) is 0 Å². The SMILES string of the molecule is CC(C)C[C@H](NC(=O)[C@H](CCC(=O)O)NC(=O)[C@H](CCCCN)NC(=O)[C@@H](NC(=O)[C@@H]1CCCN1C(=O)[C@H](CCC(=O)O)NC(=O)[C@H](CCCCN)NC(=O)[C@H](CC(C)C)NC(=O)[C@@H](N)Cc1ccccc1)C(C)C)C(=O)O. The first-order chi connectivity index (χ1) is 36.8. The van der Waals surface area contributed by atoms with Crippen molar-refractivity contribution in [3.63, 3.8) is 0 Å². The highest BCUT2D eigenvalue weighted by atomic mass is 16.4. The number of amides is 8. The molecule has 0 aromatic heterocycles. The smallest absolute Gasteiger partial charge is 0.326 e. The third-order valence-corrected chi connectivity index (χ3v) is 13.1. The first-order valence-corrected chi connectivity index (χ1v) is 27.1. The summed E-state index contributed by atoms with van der Waals surface area (Å²) in [4.78, 5) is 148. The Morgan fingerprint density at radius 2 is 0.987 bits per heavy atom. The number of unbranched alkanes of at least 4 members (excludes halogenated alkanes) is 2. The van der Waals surface area contributed by atoms with Crippen LogP contribution in [0.1, 0.15) is 137 Å². The van der Waals surface area contributed by atoms with Gasteiger partial charge in [-0.15, -0.1) is 0 Å². The van der Waals surface area contributed by atoms with E-state index in [0.29, 0.717) is 32.1 Å². The quantitative estimate of drug-likeness (QED) is 0.0383. The fourth-order valence-corrected chi connectivity index (χ4v) is 8.86. The first kappa shape index (κ1) is 67.4. The molecule has 1 aliphatic heterocycles. The minimum Gasteiger partial charge on any atom is -0.481 e. The second kappa shape index (κ2) is 34.9. The van der Waals surface area contributed by atoms with Gasteiger partial charge in [-0.05, 0) is 120 Å². The maximum atomic E-state index is 14.5. The number of nitrogens with one attached hydrogen (secondary N) is 7. The third kappa shape index (κ3) is 24.3. The lowest BCUT2D eigenvalue weighted by Crippen LogP contribution is -2.61. The Hall–Kier alpha value is -6.73. The van der Waals surface area contributed by atoms with Gasteiger partial charge in [-0.3, -0.25) is 47.9 Å². The Kier molecular flexibility index (Phi) is 30.2. The number of carbonyl (C=O) groups is 11. The van der Waals surface area contributed by atoms with Gasteiger partial charge in [0.2, 0.25) is 47.3 Å². The molecule has 0 spiro atoms. The molecule has 2 rings (SSSR count). The minimum absolute atomic E-state index is 0.00317. The summed E-state index contributed by atoms with van der Waals surface area (Å²) in [6.07, 6.45) is 0.519. The molecule has 16 N–H and O–H groups in total. The first-order valence-electron chi connectivity index (χ1n) is 27.1. The fraction of sp³-hybridized carbons (Fsp3) is 0.679. The Bertz CT molecular complexity index is 2160. The molecule has 78 heavy (non-hydrogen) atoms. The number of hydrogen-bond donors (Lipinski definition) is 13. The van der Waals surface area contributed by atoms with E-state index in [9.17, 15) is 68.1 Å². The highest BCUT2D eigenvalue weighted by Gasteiger charge is 2.41. The summed E-state index contributed by atoms with van der Waals surface area (Å²) in [5, 5.41) is 47.0. The third-order valence-electron chi connectivity index (χ3n) is 13.1. The molecule has 1 aromatic rings. The van der Waals surface area contributed by atoms with Crippen LogP contribution in [0.25, 0.3) is 0 Å². The van der Waals surface area contributed by atoms with E-state index >= 15 is 0 Å². The van der Waals surface area contributed by atoms with Crippen molar-refractivity contribution in [1.29, 1.82) is 0 Å². The number of nitrogens with zero attached hydrogens (tertiary/aromatic N) is 1. The molecule has 0 unspecified atom stereocenters. The van der Waals surface area contributed by atoms with Gasteiger partial charge in [0.1, 0.15) is 48.3 Å². The Morgan fingerprint density at radius 3 is 1.46 bits per heavy atom. The summed E-state index contributed by atoms with van der Waals surface area (Å²) in [6, 6.07) is -2.51. The van der Waals surface area contributed by atoms with E-state index in [4.69, 9.17) is 17.2 Å². The predicted octanol–water partition coefficient (Wildman–Crippen LogP) is -0.239. The van der Waals surface area contributed by atoms with Gasteiger partial charge in [0.15, 0.2) is 0 Å². The summed E-state index contributed by atoms with van der Waals surface area (Å²) in [6.45, 7) is 10.9. The maximum absolute atomic E-state index is 14.5. The van der Waals surface area contributed by atoms with Crippen molar-refractivity contribution in [1.82, 2.24) is 42.1 Å². The zero-order valence-corrected chi connectivity index (χ0v) is 46.1. The lowest BCUT2D eigenvalue weighted by molar-refractivity contribution is -0.144. The standard InChI is InChI=1S/C53H87N11O14/c1-30(2)27-39(61-45(69)34(56)29-33-15-8-7-9-16-33)49(73)57-35(17-10-12-24-54)47(71)60-38(21-23-43(67)68)52(76)64-26-14-19-41(64)50(74)63-44(32(5)6)51(75)59-36(18-11-13-25-55)46(70)58-37(20-22-42(65)66)48(72)62-40(53(77)78)28-31(3)4/h7-9,15-16,30-32,34-41,44H,10-14,17-29,54-56H2,1-6H3,(H,57,73)(H,58,70)(H,59,75)(H,60,71)(H,61,69)(H,62,72)(H,63,74)(H,65,66)(H,67,68)(H,77,78)/t34-,35-,36-,37-,38-,39-,40-,41-,44-/m0/s1. The summed E-state index contributed by atoms with van der Waals surface area (Å²) in [5.74, 6) is -11.1. The van der Waals surface area contributed by atoms with Crippen LogP contribution in [0.5, 0.6) is 0 Å². The van der Waals surface area contributed by atoms with Crippen LogP contribution in [-0.4, -0.2) is 159 Å². The lowest BCUT2D eigenvalue weighted by Gasteiger charge is -2.32. The molecule has 0 saturated carbocycles. The predicted molar refractivity (Wildman–Crippen MR) is 287 cm³/mol. The topological polar surface area (TPSA) is 414 Å². The molecule has 0 radical (unpaired) electrons. The second-order valence-electron chi connectivity index (χ2n) is 21.1. The molecule has 25 heteroatoms. The van der Waals surface area contributed by atoms with Gasteiger partial charge in [-0.1, -0.05) is 71.9 Å². The van der Waals surface area contributed by atoms with Crippen molar-refractivity contribution in [3.8, 4) is 0 Å². The van der Waals surface area contributed by atoms with Crippen molar-refractivity contribution in [2.45, 2.75) is 192 Å². The Labute approximate surface area is 456 Å². The van der Waals surface area contributed by atoms with E-state index in [1.165, 1.54) is 4.90 Å². The number of benzene rings is 1. The Balaban J connectivity index is 2.37. The number of carbonyl (C=O) groups excluding carboxylic acids is 8. The fourth-order valence-electron chi connectivity index (χ4n) is 8.86. The van der Waals surface area contributed by atoms with Crippen LogP contribution >= 0.6 is 0 Å². The molecule has 25 nitrogen and oxygen atoms in total. The lowest BCUT2D eigenvalue weighted by atomic mass is 10.00. The highest BCUT2D eigenvalue weighted by Crippen LogP contribution is 2.21. The minimum atomic E-state index is -1.51. The van der Waals surface area contributed by atoms with Crippen molar-refractivity contribution in [3.05, 3.63) is 35.9 Å². The van der Waals surface area contributed by atoms with Crippen LogP contribution in [0.3, 0.4) is 0 Å². The summed E-state index contributed by atoms with van der Waals surface area (Å²) < 4.78 is 0. The number of likely N-dealkylation sites (tertiary alicyclic amines) is 1. The van der Waals surface area contributed by atoms with Gasteiger partial charge in [0.25, 0.3) is 0 Å². The van der Waals surface area contributed by atoms with Crippen molar-refractivity contribution in [2.24, 2.45) is 35.0 Å². The molecule has 1 heterocycles. The molecular weight excluding hydrogens is 1010 g/mol. The summed E-state index contributed by atoms with van der Waals surface area (Å²) in [5.41, 5.74) is 18.5. The van der Waals surface area contributed by atoms with Crippen LogP contribution in [-0.2, 0) is 59.2 Å². The average Bonchev–Trinajstić information content (AvgIpc) is 3.87.